The maximum Gasteiger partial charge on any atom is 0.265 e. The zero-order valence-corrected chi connectivity index (χ0v) is 13.0. The van der Waals surface area contributed by atoms with Crippen LogP contribution in [0.5, 0.6) is 0 Å². The van der Waals surface area contributed by atoms with Crippen molar-refractivity contribution in [3.63, 3.8) is 0 Å². The summed E-state index contributed by atoms with van der Waals surface area (Å²) in [5.74, 6) is -0.321. The van der Waals surface area contributed by atoms with Crippen LogP contribution in [0.1, 0.15) is 9.67 Å². The van der Waals surface area contributed by atoms with Gasteiger partial charge in [-0.15, -0.1) is 0 Å². The van der Waals surface area contributed by atoms with Crippen LogP contribution in [0.25, 0.3) is 0 Å². The second-order valence-corrected chi connectivity index (χ2v) is 5.90. The standard InChI is InChI=1S/C12H20N6O2S/c1-17(2)8(19)7-15-11(20)9-10(13)16-12(21-9)18-5-3-14-4-6-18/h14H,3-7,13H2,1-2H3,(H,15,20). The van der Waals surface area contributed by atoms with Crippen LogP contribution in [0.2, 0.25) is 0 Å². The summed E-state index contributed by atoms with van der Waals surface area (Å²) >= 11 is 1.26. The van der Waals surface area contributed by atoms with Crippen LogP contribution < -0.4 is 21.3 Å². The average molecular weight is 312 g/mol. The first-order valence-electron chi connectivity index (χ1n) is 6.69. The van der Waals surface area contributed by atoms with Crippen LogP contribution in [-0.4, -0.2) is 68.5 Å². The number of carbonyl (C=O) groups excluding carboxylic acids is 2. The molecule has 4 N–H and O–H groups in total. The minimum atomic E-state index is -0.360. The second kappa shape index (κ2) is 6.72. The quantitative estimate of drug-likeness (QED) is 0.656. The number of nitrogens with one attached hydrogen (secondary N) is 2. The number of hydrogen-bond acceptors (Lipinski definition) is 7. The van der Waals surface area contributed by atoms with Crippen LogP contribution >= 0.6 is 11.3 Å². The lowest BCUT2D eigenvalue weighted by atomic mass is 10.4. The van der Waals surface area contributed by atoms with E-state index >= 15 is 0 Å². The molecule has 0 bridgehead atoms. The van der Waals surface area contributed by atoms with Gasteiger partial charge in [-0.05, 0) is 0 Å². The highest BCUT2D eigenvalue weighted by atomic mass is 32.1. The van der Waals surface area contributed by atoms with Gasteiger partial charge in [-0.3, -0.25) is 9.59 Å². The monoisotopic (exact) mass is 312 g/mol. The number of amides is 2. The number of carbonyl (C=O) groups is 2. The molecule has 0 saturated carbocycles. The number of anilines is 2. The highest BCUT2D eigenvalue weighted by molar-refractivity contribution is 7.18. The van der Waals surface area contributed by atoms with Crippen molar-refractivity contribution in [2.45, 2.75) is 0 Å². The lowest BCUT2D eigenvalue weighted by Crippen LogP contribution is -2.43. The zero-order valence-electron chi connectivity index (χ0n) is 12.2. The SMILES string of the molecule is CN(C)C(=O)CNC(=O)c1sc(N2CCNCC2)nc1N. The van der Waals surface area contributed by atoms with Gasteiger partial charge in [0.2, 0.25) is 5.91 Å². The topological polar surface area (TPSA) is 104 Å². The predicted molar refractivity (Wildman–Crippen MR) is 82.6 cm³/mol. The van der Waals surface area contributed by atoms with Gasteiger partial charge >= 0.3 is 0 Å². The first kappa shape index (κ1) is 15.5. The first-order chi connectivity index (χ1) is 9.99. The van der Waals surface area contributed by atoms with Gasteiger partial charge in [0.05, 0.1) is 6.54 Å². The number of nitrogens with two attached hydrogens (primary N) is 1. The lowest BCUT2D eigenvalue weighted by Gasteiger charge is -2.26. The number of thiazole rings is 1. The fraction of sp³-hybridized carbons (Fsp3) is 0.583. The smallest absolute Gasteiger partial charge is 0.265 e. The third-order valence-electron chi connectivity index (χ3n) is 3.13. The van der Waals surface area contributed by atoms with E-state index in [9.17, 15) is 9.59 Å². The van der Waals surface area contributed by atoms with Gasteiger partial charge in [-0.2, -0.15) is 0 Å². The number of nitrogens with zero attached hydrogens (tertiary/aromatic N) is 3. The molecule has 2 amide bonds. The fourth-order valence-corrected chi connectivity index (χ4v) is 2.82. The van der Waals surface area contributed by atoms with Gasteiger partial charge in [-0.1, -0.05) is 11.3 Å². The number of hydrogen-bond donors (Lipinski definition) is 3. The highest BCUT2D eigenvalue weighted by Crippen LogP contribution is 2.28. The molecule has 0 radical (unpaired) electrons. The largest absolute Gasteiger partial charge is 0.382 e. The summed E-state index contributed by atoms with van der Waals surface area (Å²) in [5.41, 5.74) is 5.82. The third-order valence-corrected chi connectivity index (χ3v) is 4.27. The van der Waals surface area contributed by atoms with E-state index in [1.807, 2.05) is 0 Å². The Balaban J connectivity index is 2.01. The molecule has 2 heterocycles. The van der Waals surface area contributed by atoms with E-state index in [4.69, 9.17) is 5.73 Å². The molecule has 0 aliphatic carbocycles. The molecule has 0 unspecified atom stereocenters. The zero-order chi connectivity index (χ0) is 15.4. The fourth-order valence-electron chi connectivity index (χ4n) is 1.87. The molecule has 1 saturated heterocycles. The molecular weight excluding hydrogens is 292 g/mol. The van der Waals surface area contributed by atoms with Crippen LogP contribution in [0.15, 0.2) is 0 Å². The van der Waals surface area contributed by atoms with Crippen molar-refractivity contribution in [2.24, 2.45) is 0 Å². The van der Waals surface area contributed by atoms with Crippen molar-refractivity contribution in [1.29, 1.82) is 0 Å². The van der Waals surface area contributed by atoms with E-state index in [-0.39, 0.29) is 24.2 Å². The van der Waals surface area contributed by atoms with E-state index < -0.39 is 0 Å². The van der Waals surface area contributed by atoms with Crippen molar-refractivity contribution >= 4 is 34.1 Å². The molecule has 1 aromatic rings. The number of piperazine rings is 1. The summed E-state index contributed by atoms with van der Waals surface area (Å²) in [6.07, 6.45) is 0. The molecule has 0 atom stereocenters. The summed E-state index contributed by atoms with van der Waals surface area (Å²) in [6, 6.07) is 0. The molecule has 21 heavy (non-hydrogen) atoms. The normalized spacial score (nSPS) is 14.9. The highest BCUT2D eigenvalue weighted by Gasteiger charge is 2.21. The Hall–Kier alpha value is -1.87. The van der Waals surface area contributed by atoms with Crippen molar-refractivity contribution in [3.05, 3.63) is 4.88 Å². The first-order valence-corrected chi connectivity index (χ1v) is 7.51. The Morgan fingerprint density at radius 1 is 1.43 bits per heavy atom. The van der Waals surface area contributed by atoms with Crippen LogP contribution in [0.3, 0.4) is 0 Å². The van der Waals surface area contributed by atoms with Crippen molar-refractivity contribution < 1.29 is 9.59 Å². The van der Waals surface area contributed by atoms with Crippen molar-refractivity contribution in [3.8, 4) is 0 Å². The van der Waals surface area contributed by atoms with Crippen LogP contribution in [0, 0.1) is 0 Å². The molecule has 1 aromatic heterocycles. The summed E-state index contributed by atoms with van der Waals surface area (Å²) in [6.45, 7) is 3.41. The number of aromatic nitrogens is 1. The van der Waals surface area contributed by atoms with Crippen LogP contribution in [0.4, 0.5) is 10.9 Å². The van der Waals surface area contributed by atoms with E-state index in [2.05, 4.69) is 20.5 Å². The molecule has 2 rings (SSSR count). The van der Waals surface area contributed by atoms with E-state index in [0.29, 0.717) is 4.88 Å². The van der Waals surface area contributed by atoms with E-state index in [1.54, 1.807) is 14.1 Å². The maximum absolute atomic E-state index is 12.1. The molecular formula is C12H20N6O2S. The molecule has 0 spiro atoms. The third kappa shape index (κ3) is 3.82. The Bertz CT molecular complexity index is 524. The predicted octanol–water partition coefficient (Wildman–Crippen LogP) is -1.05. The van der Waals surface area contributed by atoms with Gasteiger partial charge in [0, 0.05) is 40.3 Å². The molecule has 9 heteroatoms. The second-order valence-electron chi connectivity index (χ2n) is 4.92. The summed E-state index contributed by atoms with van der Waals surface area (Å²) < 4.78 is 0. The van der Waals surface area contributed by atoms with E-state index in [1.165, 1.54) is 16.2 Å². The average Bonchev–Trinajstić information content (AvgIpc) is 2.87. The maximum atomic E-state index is 12.1. The van der Waals surface area contributed by atoms with Gasteiger partial charge in [-0.25, -0.2) is 4.98 Å². The minimum absolute atomic E-state index is 0.0495. The van der Waals surface area contributed by atoms with Crippen molar-refractivity contribution in [2.75, 3.05) is 57.5 Å². The minimum Gasteiger partial charge on any atom is -0.382 e. The summed E-state index contributed by atoms with van der Waals surface area (Å²) in [4.78, 5) is 31.7. The Morgan fingerprint density at radius 3 is 2.71 bits per heavy atom. The van der Waals surface area contributed by atoms with E-state index in [0.717, 1.165) is 31.3 Å². The van der Waals surface area contributed by atoms with Gasteiger partial charge < -0.3 is 26.2 Å². The molecule has 116 valence electrons. The summed E-state index contributed by atoms with van der Waals surface area (Å²) in [7, 11) is 3.27. The molecule has 0 aromatic carbocycles. The lowest BCUT2D eigenvalue weighted by molar-refractivity contribution is -0.127. The molecule has 1 aliphatic heterocycles. The number of rotatable bonds is 4. The number of nitrogen functional groups attached to an aromatic ring is 1. The van der Waals surface area contributed by atoms with Gasteiger partial charge in [0.15, 0.2) is 5.13 Å². The van der Waals surface area contributed by atoms with Crippen LogP contribution in [-0.2, 0) is 4.79 Å². The Labute approximate surface area is 127 Å². The Kier molecular flexibility index (Phi) is 4.97. The van der Waals surface area contributed by atoms with Gasteiger partial charge in [0.25, 0.3) is 5.91 Å². The Morgan fingerprint density at radius 2 is 2.10 bits per heavy atom. The van der Waals surface area contributed by atoms with Crippen molar-refractivity contribution in [1.82, 2.24) is 20.5 Å². The molecule has 1 fully saturated rings. The molecule has 8 nitrogen and oxygen atoms in total. The molecule has 1 aliphatic rings. The summed E-state index contributed by atoms with van der Waals surface area (Å²) in [5, 5.41) is 6.57. The van der Waals surface area contributed by atoms with Gasteiger partial charge in [0.1, 0.15) is 10.7 Å². The number of likely N-dealkylation sites (N-methyl/N-ethyl adjacent to an activating group) is 1.